The summed E-state index contributed by atoms with van der Waals surface area (Å²) in [6, 6.07) is 13.4. The molecule has 0 saturated carbocycles. The average molecular weight is 418 g/mol. The molecule has 0 saturated heterocycles. The minimum Gasteiger partial charge on any atom is -0.456 e. The lowest BCUT2D eigenvalue weighted by Gasteiger charge is -2.10. The number of rotatable bonds is 7. The van der Waals surface area contributed by atoms with Crippen molar-refractivity contribution >= 4 is 41.0 Å². The number of carbonyl (C=O) groups excluding carboxylic acids is 4. The second kappa shape index (κ2) is 10.8. The molecule has 0 aliphatic rings. The maximum atomic E-state index is 11.9. The van der Waals surface area contributed by atoms with Crippen LogP contribution in [0.4, 0.5) is 5.69 Å². The standard InChI is InChI=1S/C20H20ClN3O5/c1-13-7-8-15(21)11-16(13)22-18(26)12-29-19(27)10-9-17(25)23-24-20(28)14-5-3-2-4-6-14/h2-8,11H,9-10,12H2,1H3,(H,22,26)(H,23,25)(H,24,28). The molecule has 2 aromatic rings. The summed E-state index contributed by atoms with van der Waals surface area (Å²) in [5.41, 5.74) is 6.16. The molecule has 0 radical (unpaired) electrons. The minimum absolute atomic E-state index is 0.205. The number of aryl methyl sites for hydroxylation is 1. The molecule has 3 N–H and O–H groups in total. The van der Waals surface area contributed by atoms with Crippen molar-refractivity contribution < 1.29 is 23.9 Å². The molecule has 0 spiro atoms. The van der Waals surface area contributed by atoms with Crippen LogP contribution in [0.15, 0.2) is 48.5 Å². The largest absolute Gasteiger partial charge is 0.456 e. The number of nitrogens with one attached hydrogen (secondary N) is 3. The summed E-state index contributed by atoms with van der Waals surface area (Å²) in [5, 5.41) is 3.06. The number of amides is 3. The SMILES string of the molecule is Cc1ccc(Cl)cc1NC(=O)COC(=O)CCC(=O)NNC(=O)c1ccccc1. The van der Waals surface area contributed by atoms with Gasteiger partial charge in [0.15, 0.2) is 6.61 Å². The van der Waals surface area contributed by atoms with Gasteiger partial charge in [-0.15, -0.1) is 0 Å². The van der Waals surface area contributed by atoms with Crippen LogP contribution in [-0.2, 0) is 19.1 Å². The zero-order valence-electron chi connectivity index (χ0n) is 15.7. The number of hydrogen-bond donors (Lipinski definition) is 3. The number of esters is 1. The third-order valence-corrected chi connectivity index (χ3v) is 3.98. The number of ether oxygens (including phenoxy) is 1. The Morgan fingerprint density at radius 3 is 2.38 bits per heavy atom. The maximum absolute atomic E-state index is 11.9. The molecule has 8 nitrogen and oxygen atoms in total. The van der Waals surface area contributed by atoms with E-state index in [4.69, 9.17) is 16.3 Å². The maximum Gasteiger partial charge on any atom is 0.306 e. The highest BCUT2D eigenvalue weighted by molar-refractivity contribution is 6.31. The van der Waals surface area contributed by atoms with Gasteiger partial charge in [-0.3, -0.25) is 30.0 Å². The summed E-state index contributed by atoms with van der Waals surface area (Å²) in [5.74, 6) is -2.28. The molecular weight excluding hydrogens is 398 g/mol. The predicted octanol–water partition coefficient (Wildman–Crippen LogP) is 2.37. The first-order valence-electron chi connectivity index (χ1n) is 8.71. The van der Waals surface area contributed by atoms with Crippen LogP contribution in [0.3, 0.4) is 0 Å². The van der Waals surface area contributed by atoms with E-state index >= 15 is 0 Å². The molecule has 2 aromatic carbocycles. The molecule has 0 aromatic heterocycles. The highest BCUT2D eigenvalue weighted by Gasteiger charge is 2.12. The van der Waals surface area contributed by atoms with Crippen LogP contribution in [-0.4, -0.2) is 30.3 Å². The van der Waals surface area contributed by atoms with E-state index in [9.17, 15) is 19.2 Å². The van der Waals surface area contributed by atoms with Gasteiger partial charge in [0.2, 0.25) is 5.91 Å². The summed E-state index contributed by atoms with van der Waals surface area (Å²) in [6.07, 6.45) is -0.445. The van der Waals surface area contributed by atoms with Crippen molar-refractivity contribution in [3.05, 3.63) is 64.7 Å². The lowest BCUT2D eigenvalue weighted by atomic mass is 10.2. The number of halogens is 1. The molecule has 9 heteroatoms. The van der Waals surface area contributed by atoms with E-state index in [1.54, 1.807) is 55.5 Å². The van der Waals surface area contributed by atoms with Crippen LogP contribution in [0.25, 0.3) is 0 Å². The van der Waals surface area contributed by atoms with Crippen molar-refractivity contribution in [1.82, 2.24) is 10.9 Å². The predicted molar refractivity (Wildman–Crippen MR) is 107 cm³/mol. The Morgan fingerprint density at radius 2 is 1.66 bits per heavy atom. The fourth-order valence-corrected chi connectivity index (χ4v) is 2.37. The van der Waals surface area contributed by atoms with Crippen molar-refractivity contribution in [3.8, 4) is 0 Å². The summed E-state index contributed by atoms with van der Waals surface area (Å²) < 4.78 is 4.84. The first kappa shape index (κ1) is 21.9. The van der Waals surface area contributed by atoms with Crippen molar-refractivity contribution in [2.24, 2.45) is 0 Å². The molecule has 0 fully saturated rings. The number of anilines is 1. The Balaban J connectivity index is 1.66. The van der Waals surface area contributed by atoms with Gasteiger partial charge in [0.1, 0.15) is 0 Å². The summed E-state index contributed by atoms with van der Waals surface area (Å²) in [7, 11) is 0. The minimum atomic E-state index is -0.715. The lowest BCUT2D eigenvalue weighted by molar-refractivity contribution is -0.148. The third-order valence-electron chi connectivity index (χ3n) is 3.75. The molecule has 0 heterocycles. The molecule has 3 amide bonds. The zero-order valence-corrected chi connectivity index (χ0v) is 16.4. The number of hydrogen-bond acceptors (Lipinski definition) is 5. The monoisotopic (exact) mass is 417 g/mol. The van der Waals surface area contributed by atoms with Gasteiger partial charge in [-0.2, -0.15) is 0 Å². The number of hydrazine groups is 1. The van der Waals surface area contributed by atoms with Gasteiger partial charge in [0, 0.05) is 22.7 Å². The topological polar surface area (TPSA) is 114 Å². The summed E-state index contributed by atoms with van der Waals surface area (Å²) >= 11 is 5.88. The van der Waals surface area contributed by atoms with Gasteiger partial charge < -0.3 is 10.1 Å². The summed E-state index contributed by atoms with van der Waals surface area (Å²) in [6.45, 7) is 1.31. The Kier molecular flexibility index (Phi) is 8.17. The van der Waals surface area contributed by atoms with Crippen LogP contribution >= 0.6 is 11.6 Å². The van der Waals surface area contributed by atoms with E-state index in [1.807, 2.05) is 0 Å². The van der Waals surface area contributed by atoms with E-state index in [-0.39, 0.29) is 12.8 Å². The highest BCUT2D eigenvalue weighted by Crippen LogP contribution is 2.19. The van der Waals surface area contributed by atoms with Crippen LogP contribution in [0.1, 0.15) is 28.8 Å². The van der Waals surface area contributed by atoms with Crippen molar-refractivity contribution in [1.29, 1.82) is 0 Å². The van der Waals surface area contributed by atoms with Gasteiger partial charge in [0.25, 0.3) is 11.8 Å². The highest BCUT2D eigenvalue weighted by atomic mass is 35.5. The van der Waals surface area contributed by atoms with E-state index < -0.39 is 30.3 Å². The molecule has 0 atom stereocenters. The first-order chi connectivity index (χ1) is 13.8. The molecular formula is C20H20ClN3O5. The van der Waals surface area contributed by atoms with Crippen LogP contribution in [0.2, 0.25) is 5.02 Å². The molecule has 0 aliphatic heterocycles. The van der Waals surface area contributed by atoms with Gasteiger partial charge >= 0.3 is 5.97 Å². The Morgan fingerprint density at radius 1 is 0.931 bits per heavy atom. The van der Waals surface area contributed by atoms with Crippen LogP contribution in [0, 0.1) is 6.92 Å². The van der Waals surface area contributed by atoms with Gasteiger partial charge in [-0.25, -0.2) is 0 Å². The Hall–Kier alpha value is -3.39. The Bertz CT molecular complexity index is 902. The van der Waals surface area contributed by atoms with Crippen molar-refractivity contribution in [3.63, 3.8) is 0 Å². The second-order valence-electron chi connectivity index (χ2n) is 6.04. The third kappa shape index (κ3) is 7.63. The van der Waals surface area contributed by atoms with Crippen LogP contribution < -0.4 is 16.2 Å². The van der Waals surface area contributed by atoms with E-state index in [0.717, 1.165) is 5.56 Å². The van der Waals surface area contributed by atoms with Gasteiger partial charge in [-0.1, -0.05) is 35.9 Å². The van der Waals surface area contributed by atoms with Gasteiger partial charge in [-0.05, 0) is 36.8 Å². The van der Waals surface area contributed by atoms with Crippen molar-refractivity contribution in [2.45, 2.75) is 19.8 Å². The van der Waals surface area contributed by atoms with E-state index in [2.05, 4.69) is 16.2 Å². The van der Waals surface area contributed by atoms with Crippen LogP contribution in [0.5, 0.6) is 0 Å². The smallest absolute Gasteiger partial charge is 0.306 e. The normalized spacial score (nSPS) is 10.0. The Labute approximate surface area is 172 Å². The van der Waals surface area contributed by atoms with E-state index in [1.165, 1.54) is 0 Å². The number of benzene rings is 2. The zero-order chi connectivity index (χ0) is 21.2. The molecule has 0 aliphatic carbocycles. The molecule has 152 valence electrons. The molecule has 2 rings (SSSR count). The fraction of sp³-hybridized carbons (Fsp3) is 0.200. The first-order valence-corrected chi connectivity index (χ1v) is 9.09. The number of carbonyl (C=O) groups is 4. The quantitative estimate of drug-likeness (QED) is 0.472. The van der Waals surface area contributed by atoms with E-state index in [0.29, 0.717) is 16.3 Å². The lowest BCUT2D eigenvalue weighted by Crippen LogP contribution is -2.41. The average Bonchev–Trinajstić information content (AvgIpc) is 2.72. The molecule has 0 unspecified atom stereocenters. The molecule has 0 bridgehead atoms. The fourth-order valence-electron chi connectivity index (χ4n) is 2.20. The molecule has 29 heavy (non-hydrogen) atoms. The van der Waals surface area contributed by atoms with Crippen molar-refractivity contribution in [2.75, 3.05) is 11.9 Å². The summed E-state index contributed by atoms with van der Waals surface area (Å²) in [4.78, 5) is 47.1. The second-order valence-corrected chi connectivity index (χ2v) is 6.47. The van der Waals surface area contributed by atoms with Gasteiger partial charge in [0.05, 0.1) is 6.42 Å².